The van der Waals surface area contributed by atoms with Crippen LogP contribution in [0.15, 0.2) is 47.1 Å². The van der Waals surface area contributed by atoms with Crippen molar-refractivity contribution in [2.24, 2.45) is 0 Å². The fraction of sp³-hybridized carbons (Fsp3) is 0.143. The lowest BCUT2D eigenvalue weighted by atomic mass is 10.2. The Hall–Kier alpha value is -1.88. The van der Waals surface area contributed by atoms with Crippen LogP contribution in [0, 0.1) is 0 Å². The number of benzene rings is 1. The van der Waals surface area contributed by atoms with E-state index in [-0.39, 0.29) is 0 Å². The zero-order valence-electron chi connectivity index (χ0n) is 10.3. The first kappa shape index (κ1) is 13.5. The fourth-order valence-electron chi connectivity index (χ4n) is 1.46. The van der Waals surface area contributed by atoms with Gasteiger partial charge in [-0.3, -0.25) is 4.98 Å². The molecule has 0 aliphatic carbocycles. The highest BCUT2D eigenvalue weighted by molar-refractivity contribution is 9.10. The lowest BCUT2D eigenvalue weighted by Crippen LogP contribution is -2.04. The fourth-order valence-corrected chi connectivity index (χ4v) is 1.84. The van der Waals surface area contributed by atoms with E-state index in [1.807, 2.05) is 24.3 Å². The molecular weight excluding hydrogens is 310 g/mol. The molecule has 1 aromatic heterocycles. The summed E-state index contributed by atoms with van der Waals surface area (Å²) >= 11 is 3.37. The molecule has 2 aromatic rings. The normalized spacial score (nSPS) is 10.0. The van der Waals surface area contributed by atoms with Gasteiger partial charge in [-0.1, -0.05) is 22.0 Å². The van der Waals surface area contributed by atoms with E-state index in [2.05, 4.69) is 25.7 Å². The quantitative estimate of drug-likeness (QED) is 0.811. The first-order chi connectivity index (χ1) is 9.19. The van der Waals surface area contributed by atoms with Gasteiger partial charge in [-0.05, 0) is 30.3 Å². The van der Waals surface area contributed by atoms with Gasteiger partial charge in [0.15, 0.2) is 0 Å². The zero-order chi connectivity index (χ0) is 13.7. The van der Waals surface area contributed by atoms with Crippen LogP contribution in [0.1, 0.15) is 16.1 Å². The molecule has 98 valence electrons. The van der Waals surface area contributed by atoms with Crippen LogP contribution >= 0.6 is 15.9 Å². The largest absolute Gasteiger partial charge is 0.487 e. The number of hydrogen-bond acceptors (Lipinski definition) is 4. The van der Waals surface area contributed by atoms with Crippen molar-refractivity contribution in [2.75, 3.05) is 7.11 Å². The van der Waals surface area contributed by atoms with Crippen molar-refractivity contribution in [1.29, 1.82) is 0 Å². The average molecular weight is 322 g/mol. The molecule has 0 amide bonds. The number of esters is 1. The Balaban J connectivity index is 1.98. The standard InChI is InChI=1S/C14H12BrNO3/c1-18-14(17)10-5-6-12(16-8-10)9-19-13-4-2-3-11(15)7-13/h2-8H,9H2,1H3. The molecule has 1 aromatic carbocycles. The molecule has 4 nitrogen and oxygen atoms in total. The van der Waals surface area contributed by atoms with Crippen molar-refractivity contribution in [3.8, 4) is 5.75 Å². The molecule has 19 heavy (non-hydrogen) atoms. The number of aromatic nitrogens is 1. The second-order valence-corrected chi connectivity index (χ2v) is 4.69. The van der Waals surface area contributed by atoms with Crippen LogP contribution in [0.4, 0.5) is 0 Å². The van der Waals surface area contributed by atoms with Crippen molar-refractivity contribution in [3.05, 3.63) is 58.3 Å². The van der Waals surface area contributed by atoms with E-state index < -0.39 is 5.97 Å². The van der Waals surface area contributed by atoms with Gasteiger partial charge in [0.1, 0.15) is 12.4 Å². The highest BCUT2D eigenvalue weighted by atomic mass is 79.9. The predicted molar refractivity (Wildman–Crippen MR) is 74.1 cm³/mol. The van der Waals surface area contributed by atoms with Crippen LogP contribution < -0.4 is 4.74 Å². The Morgan fingerprint density at radius 2 is 2.16 bits per heavy atom. The third kappa shape index (κ3) is 3.79. The maximum absolute atomic E-state index is 11.2. The molecule has 2 rings (SSSR count). The lowest BCUT2D eigenvalue weighted by Gasteiger charge is -2.06. The van der Waals surface area contributed by atoms with E-state index in [1.54, 1.807) is 12.1 Å². The molecule has 0 aliphatic rings. The molecule has 0 fully saturated rings. The summed E-state index contributed by atoms with van der Waals surface area (Å²) in [5, 5.41) is 0. The third-order valence-corrected chi connectivity index (χ3v) is 2.92. The van der Waals surface area contributed by atoms with Crippen LogP contribution in [-0.2, 0) is 11.3 Å². The Morgan fingerprint density at radius 1 is 1.32 bits per heavy atom. The lowest BCUT2D eigenvalue weighted by molar-refractivity contribution is 0.0600. The number of carbonyl (C=O) groups is 1. The van der Waals surface area contributed by atoms with E-state index in [0.717, 1.165) is 15.9 Å². The van der Waals surface area contributed by atoms with Crippen molar-refractivity contribution in [1.82, 2.24) is 4.98 Å². The topological polar surface area (TPSA) is 48.4 Å². The highest BCUT2D eigenvalue weighted by Gasteiger charge is 2.05. The Labute approximate surface area is 119 Å². The number of rotatable bonds is 4. The number of methoxy groups -OCH3 is 1. The number of carbonyl (C=O) groups excluding carboxylic acids is 1. The second kappa shape index (κ2) is 6.33. The maximum atomic E-state index is 11.2. The van der Waals surface area contributed by atoms with E-state index in [9.17, 15) is 4.79 Å². The monoisotopic (exact) mass is 321 g/mol. The molecule has 0 atom stereocenters. The van der Waals surface area contributed by atoms with Crippen LogP contribution in [0.2, 0.25) is 0 Å². The van der Waals surface area contributed by atoms with Crippen molar-refractivity contribution in [3.63, 3.8) is 0 Å². The van der Waals surface area contributed by atoms with Crippen molar-refractivity contribution < 1.29 is 14.3 Å². The van der Waals surface area contributed by atoms with Gasteiger partial charge in [0.05, 0.1) is 18.4 Å². The van der Waals surface area contributed by atoms with Gasteiger partial charge in [0, 0.05) is 10.7 Å². The molecule has 5 heteroatoms. The van der Waals surface area contributed by atoms with Crippen LogP contribution in [0.3, 0.4) is 0 Å². The van der Waals surface area contributed by atoms with Gasteiger partial charge >= 0.3 is 5.97 Å². The van der Waals surface area contributed by atoms with E-state index in [0.29, 0.717) is 12.2 Å². The molecule has 0 N–H and O–H groups in total. The van der Waals surface area contributed by atoms with Gasteiger partial charge in [0.2, 0.25) is 0 Å². The molecule has 0 radical (unpaired) electrons. The van der Waals surface area contributed by atoms with Gasteiger partial charge in [-0.2, -0.15) is 0 Å². The van der Waals surface area contributed by atoms with Crippen LogP contribution in [0.25, 0.3) is 0 Å². The average Bonchev–Trinajstić information content (AvgIpc) is 2.45. The molecule has 0 saturated carbocycles. The smallest absolute Gasteiger partial charge is 0.339 e. The minimum atomic E-state index is -0.396. The minimum absolute atomic E-state index is 0.345. The number of halogens is 1. The number of pyridine rings is 1. The summed E-state index contributed by atoms with van der Waals surface area (Å²) in [5.41, 5.74) is 1.17. The zero-order valence-corrected chi connectivity index (χ0v) is 11.9. The SMILES string of the molecule is COC(=O)c1ccc(COc2cccc(Br)c2)nc1. The van der Waals surface area contributed by atoms with E-state index >= 15 is 0 Å². The maximum Gasteiger partial charge on any atom is 0.339 e. The second-order valence-electron chi connectivity index (χ2n) is 3.78. The first-order valence-corrected chi connectivity index (χ1v) is 6.40. The molecule has 0 unspecified atom stereocenters. The van der Waals surface area contributed by atoms with Gasteiger partial charge in [-0.25, -0.2) is 4.79 Å². The predicted octanol–water partition coefficient (Wildman–Crippen LogP) is 3.21. The number of hydrogen-bond donors (Lipinski definition) is 0. The van der Waals surface area contributed by atoms with Crippen LogP contribution in [0.5, 0.6) is 5.75 Å². The summed E-state index contributed by atoms with van der Waals surface area (Å²) in [5.74, 6) is 0.361. The van der Waals surface area contributed by atoms with Gasteiger partial charge < -0.3 is 9.47 Å². The molecule has 0 saturated heterocycles. The molecule has 0 bridgehead atoms. The Kier molecular flexibility index (Phi) is 4.52. The third-order valence-electron chi connectivity index (χ3n) is 2.43. The van der Waals surface area contributed by atoms with E-state index in [4.69, 9.17) is 4.74 Å². The summed E-state index contributed by atoms with van der Waals surface area (Å²) < 4.78 is 11.2. The van der Waals surface area contributed by atoms with Crippen LogP contribution in [-0.4, -0.2) is 18.1 Å². The summed E-state index contributed by atoms with van der Waals surface area (Å²) in [6.45, 7) is 0.345. The molecule has 1 heterocycles. The highest BCUT2D eigenvalue weighted by Crippen LogP contribution is 2.18. The number of nitrogens with zero attached hydrogens (tertiary/aromatic N) is 1. The summed E-state index contributed by atoms with van der Waals surface area (Å²) in [6, 6.07) is 11.0. The summed E-state index contributed by atoms with van der Waals surface area (Å²) in [7, 11) is 1.34. The van der Waals surface area contributed by atoms with Gasteiger partial charge in [-0.15, -0.1) is 0 Å². The molecular formula is C14H12BrNO3. The first-order valence-electron chi connectivity index (χ1n) is 5.60. The Bertz CT molecular complexity index is 569. The summed E-state index contributed by atoms with van der Waals surface area (Å²) in [4.78, 5) is 15.4. The number of ether oxygens (including phenoxy) is 2. The van der Waals surface area contributed by atoms with E-state index in [1.165, 1.54) is 13.3 Å². The van der Waals surface area contributed by atoms with Crippen molar-refractivity contribution >= 4 is 21.9 Å². The van der Waals surface area contributed by atoms with Gasteiger partial charge in [0.25, 0.3) is 0 Å². The minimum Gasteiger partial charge on any atom is -0.487 e. The summed E-state index contributed by atoms with van der Waals surface area (Å²) in [6.07, 6.45) is 1.48. The van der Waals surface area contributed by atoms with Crippen molar-refractivity contribution in [2.45, 2.75) is 6.61 Å². The Morgan fingerprint density at radius 3 is 2.79 bits per heavy atom. The molecule has 0 spiro atoms. The molecule has 0 aliphatic heterocycles.